The van der Waals surface area contributed by atoms with Crippen molar-refractivity contribution >= 4 is 91.1 Å². The predicted molar refractivity (Wildman–Crippen MR) is 408 cm³/mol. The second-order valence-corrected chi connectivity index (χ2v) is 30.2. The van der Waals surface area contributed by atoms with Crippen LogP contribution in [0.2, 0.25) is 5.15 Å². The minimum atomic E-state index is -4.53. The molecule has 33 heteroatoms. The van der Waals surface area contributed by atoms with E-state index in [1.165, 1.54) is 25.7 Å². The number of aliphatic hydroxyl groups excluding tert-OH is 1. The number of hydrogen-bond donors (Lipinski definition) is 2. The Bertz CT molecular complexity index is 3440. The number of nitrogens with one attached hydrogen (secondary N) is 1. The molecule has 4 aliphatic carbocycles. The maximum Gasteiger partial charge on any atom is 0.417 e. The summed E-state index contributed by atoms with van der Waals surface area (Å²) >= 11 is 11.5. The van der Waals surface area contributed by atoms with Gasteiger partial charge in [0.15, 0.2) is 6.29 Å². The number of carbonyl (C=O) groups excluding carboxylic acids is 5. The van der Waals surface area contributed by atoms with Crippen molar-refractivity contribution in [1.82, 2.24) is 25.3 Å². The first kappa shape index (κ1) is 97.2. The quantitative estimate of drug-likeness (QED) is 0.0170. The van der Waals surface area contributed by atoms with Crippen molar-refractivity contribution in [3.63, 3.8) is 0 Å². The first-order valence-corrected chi connectivity index (χ1v) is 40.3. The summed E-state index contributed by atoms with van der Waals surface area (Å²) in [6.45, 7) is 22.5. The van der Waals surface area contributed by atoms with E-state index >= 15 is 0 Å². The van der Waals surface area contributed by atoms with Gasteiger partial charge in [-0.25, -0.2) is 19.9 Å². The summed E-state index contributed by atoms with van der Waals surface area (Å²) in [5, 5.41) is 13.0. The predicted octanol–water partition coefficient (Wildman–Crippen LogP) is 20.0. The molecule has 0 radical (unpaired) electrons. The molecule has 0 unspecified atom stereocenters. The lowest BCUT2D eigenvalue weighted by molar-refractivity contribution is -0.145. The minimum absolute atomic E-state index is 0.0161. The lowest BCUT2D eigenvalue weighted by atomic mass is 9.80. The van der Waals surface area contributed by atoms with Crippen LogP contribution in [0.25, 0.3) is 0 Å². The third-order valence-corrected chi connectivity index (χ3v) is 21.9. The SMILES string of the molecule is CCNCC1CCC(CC(=O)OCC)CC1.CCOC(=O)CC1CCC(CN(CC)c2ncc(C(F)(F)F)cc2Br)CC1.CCOC(=O)CC1CCC(CN(CC)c2ncc(C(F)(F)F)cc2C=O)CC1.CCOC(=O)CC1CCC(CN(CC)c2ncc(C(F)(F)F)cc2CO)CC1.FC(F)(F)c1cnc(Cl)c(Br)c1. The largest absolute Gasteiger partial charge is 0.466 e. The number of aldehydes is 1. The maximum atomic E-state index is 12.9. The molecule has 8 rings (SSSR count). The van der Waals surface area contributed by atoms with E-state index in [0.29, 0.717) is 161 Å². The fourth-order valence-corrected chi connectivity index (χ4v) is 15.2. The molecule has 0 atom stereocenters. The molecule has 4 aromatic rings. The summed E-state index contributed by atoms with van der Waals surface area (Å²) < 4.78 is 172. The summed E-state index contributed by atoms with van der Waals surface area (Å²) in [6, 6.07) is 3.80. The van der Waals surface area contributed by atoms with Crippen LogP contribution < -0.4 is 20.0 Å². The van der Waals surface area contributed by atoms with Crippen LogP contribution in [-0.2, 0) is 69.4 Å². The van der Waals surface area contributed by atoms with Gasteiger partial charge in [0.1, 0.15) is 22.6 Å². The number of rotatable bonds is 29. The molecule has 0 spiro atoms. The van der Waals surface area contributed by atoms with Crippen LogP contribution in [0.15, 0.2) is 58.0 Å². The Morgan fingerprint density at radius 1 is 0.441 bits per heavy atom. The van der Waals surface area contributed by atoms with Gasteiger partial charge in [-0.2, -0.15) is 52.7 Å². The van der Waals surface area contributed by atoms with Crippen LogP contribution in [0.1, 0.15) is 222 Å². The van der Waals surface area contributed by atoms with E-state index in [0.717, 1.165) is 145 Å². The Balaban J connectivity index is 0.000000301. The second kappa shape index (κ2) is 48.9. The number of alkyl halides is 12. The van der Waals surface area contributed by atoms with Crippen molar-refractivity contribution in [3.8, 4) is 0 Å². The molecule has 4 aromatic heterocycles. The van der Waals surface area contributed by atoms with E-state index in [9.17, 15) is 81.8 Å². The molecule has 0 bridgehead atoms. The van der Waals surface area contributed by atoms with E-state index in [-0.39, 0.29) is 44.6 Å². The van der Waals surface area contributed by atoms with Crippen LogP contribution in [0, 0.1) is 47.3 Å². The molecule has 0 aliphatic heterocycles. The number of anilines is 3. The minimum Gasteiger partial charge on any atom is -0.466 e. The summed E-state index contributed by atoms with van der Waals surface area (Å²) in [4.78, 5) is 78.7. The van der Waals surface area contributed by atoms with Crippen LogP contribution in [0.3, 0.4) is 0 Å². The Morgan fingerprint density at radius 2 is 0.730 bits per heavy atom. The van der Waals surface area contributed by atoms with Crippen molar-refractivity contribution in [2.75, 3.05) is 93.5 Å². The van der Waals surface area contributed by atoms with Gasteiger partial charge in [-0.1, -0.05) is 18.5 Å². The molecule has 626 valence electrons. The highest BCUT2D eigenvalue weighted by Crippen LogP contribution is 2.41. The molecule has 0 amide bonds. The standard InChI is InChI=1S/C20H29F3N2O3.C20H27F3N2O3.C19H26BrF3N2O2.C13H25NO2.C6H2BrClF3N/c2*1-3-25(19-16(13-26)10-17(11-24-19)20(21,22)23)12-15-7-5-14(6-8-15)9-18(27)28-4-2;1-3-25(18-16(20)10-15(11-24-18)19(21,22)23)12-14-7-5-13(6-8-14)9-17(26)27-4-2;1-3-14-10-12-7-5-11(6-8-12)9-13(15)16-4-2;7-4-1-3(6(9,10)11)2-12-5(4)8/h10-11,14-15,26H,3-9,12-13H2,1-2H3;10-11,13-15H,3-9,12H2,1-2H3;10-11,13-14H,3-9,12H2,1-2H3;11-12,14H,3-10H2,1-2H3;1-2H. The first-order valence-electron chi connectivity index (χ1n) is 38.4. The number of halogens is 15. The molecule has 0 saturated heterocycles. The lowest BCUT2D eigenvalue weighted by Gasteiger charge is -2.33. The van der Waals surface area contributed by atoms with Crippen molar-refractivity contribution in [3.05, 3.63) is 96.5 Å². The van der Waals surface area contributed by atoms with Crippen molar-refractivity contribution < 1.29 is 101 Å². The maximum absolute atomic E-state index is 12.9. The average molecular weight is 1740 g/mol. The van der Waals surface area contributed by atoms with Crippen LogP contribution in [0.4, 0.5) is 70.1 Å². The number of pyridine rings is 4. The molecular weight excluding hydrogens is 1630 g/mol. The van der Waals surface area contributed by atoms with Crippen molar-refractivity contribution in [1.29, 1.82) is 0 Å². The molecule has 4 fully saturated rings. The lowest BCUT2D eigenvalue weighted by Crippen LogP contribution is -2.33. The van der Waals surface area contributed by atoms with Crippen LogP contribution in [0.5, 0.6) is 0 Å². The van der Waals surface area contributed by atoms with Gasteiger partial charge in [-0.15, -0.1) is 0 Å². The highest BCUT2D eigenvalue weighted by molar-refractivity contribution is 9.11. The fraction of sp³-hybridized carbons (Fsp3) is 0.679. The molecule has 4 saturated carbocycles. The van der Waals surface area contributed by atoms with Crippen LogP contribution in [-0.4, -0.2) is 134 Å². The van der Waals surface area contributed by atoms with E-state index in [4.69, 9.17) is 30.5 Å². The summed E-state index contributed by atoms with van der Waals surface area (Å²) in [6.07, 6.45) is 4.14. The van der Waals surface area contributed by atoms with Gasteiger partial charge in [0.2, 0.25) is 0 Å². The highest BCUT2D eigenvalue weighted by Gasteiger charge is 2.37. The number of aromatic nitrogens is 4. The Morgan fingerprint density at radius 3 is 1.04 bits per heavy atom. The van der Waals surface area contributed by atoms with E-state index in [2.05, 4.69) is 64.0 Å². The third-order valence-electron chi connectivity index (χ3n) is 20.1. The normalized spacial score (nSPS) is 20.0. The topological polar surface area (TPSA) is 216 Å². The summed E-state index contributed by atoms with van der Waals surface area (Å²) in [5.74, 6) is 4.37. The van der Waals surface area contributed by atoms with Gasteiger partial charge in [-0.05, 0) is 268 Å². The zero-order chi connectivity index (χ0) is 82.7. The Hall–Kier alpha value is -6.12. The Labute approximate surface area is 666 Å². The Kier molecular flexibility index (Phi) is 42.9. The van der Waals surface area contributed by atoms with Gasteiger partial charge in [0.05, 0.1) is 69.8 Å². The van der Waals surface area contributed by atoms with Gasteiger partial charge in [0, 0.05) is 95.3 Å². The number of ether oxygens (including phenoxy) is 4. The monoisotopic (exact) mass is 1740 g/mol. The van der Waals surface area contributed by atoms with Gasteiger partial charge < -0.3 is 44.1 Å². The second-order valence-electron chi connectivity index (χ2n) is 28.1. The summed E-state index contributed by atoms with van der Waals surface area (Å²) in [7, 11) is 0. The van der Waals surface area contributed by atoms with Gasteiger partial charge in [-0.3, -0.25) is 24.0 Å². The first-order chi connectivity index (χ1) is 52.5. The van der Waals surface area contributed by atoms with E-state index in [1.54, 1.807) is 13.8 Å². The fourth-order valence-electron chi connectivity index (χ4n) is 14.1. The van der Waals surface area contributed by atoms with Crippen molar-refractivity contribution in [2.24, 2.45) is 47.3 Å². The summed E-state index contributed by atoms with van der Waals surface area (Å²) in [5.41, 5.74) is -3.21. The molecule has 0 aromatic carbocycles. The number of esters is 4. The zero-order valence-electron chi connectivity index (χ0n) is 64.6. The van der Waals surface area contributed by atoms with Gasteiger partial charge >= 0.3 is 48.6 Å². The number of carbonyl (C=O) groups is 5. The van der Waals surface area contributed by atoms with Gasteiger partial charge in [0.25, 0.3) is 0 Å². The number of aliphatic hydroxyl groups is 1. The van der Waals surface area contributed by atoms with Crippen molar-refractivity contribution in [2.45, 2.75) is 215 Å². The molecule has 4 aliphatic rings. The third kappa shape index (κ3) is 34.9. The molecule has 4 heterocycles. The highest BCUT2D eigenvalue weighted by atomic mass is 79.9. The molecule has 2 N–H and O–H groups in total. The van der Waals surface area contributed by atoms with Crippen LogP contribution >= 0.6 is 43.5 Å². The average Bonchev–Trinajstić information content (AvgIpc) is 0.810. The number of hydrogen-bond acceptors (Lipinski definition) is 18. The smallest absolute Gasteiger partial charge is 0.417 e. The number of nitrogens with zero attached hydrogens (tertiary/aromatic N) is 7. The van der Waals surface area contributed by atoms with E-state index < -0.39 is 53.6 Å². The van der Waals surface area contributed by atoms with E-state index in [1.807, 2.05) is 49.3 Å². The molecular formula is C78H109Br2ClF12N8O10. The molecule has 18 nitrogen and oxygen atoms in total. The molecule has 111 heavy (non-hydrogen) atoms. The zero-order valence-corrected chi connectivity index (χ0v) is 68.5.